The van der Waals surface area contributed by atoms with Gasteiger partial charge in [-0.3, -0.25) is 4.79 Å². The van der Waals surface area contributed by atoms with Crippen molar-refractivity contribution in [2.75, 3.05) is 14.1 Å². The second-order valence-electron chi connectivity index (χ2n) is 6.99. The number of carboxylic acids is 1. The molecule has 1 aliphatic rings. The van der Waals surface area contributed by atoms with E-state index in [2.05, 4.69) is 15.3 Å². The average Bonchev–Trinajstić information content (AvgIpc) is 3.16. The smallest absolute Gasteiger partial charge is 0.304 e. The van der Waals surface area contributed by atoms with Crippen molar-refractivity contribution in [1.29, 1.82) is 0 Å². The van der Waals surface area contributed by atoms with Crippen molar-refractivity contribution in [3.05, 3.63) is 60.2 Å². The minimum atomic E-state index is -3.62. The Bertz CT molecular complexity index is 1270. The van der Waals surface area contributed by atoms with Crippen molar-refractivity contribution in [3.8, 4) is 11.4 Å². The van der Waals surface area contributed by atoms with Gasteiger partial charge < -0.3 is 5.11 Å². The summed E-state index contributed by atoms with van der Waals surface area (Å²) in [5.41, 5.74) is 1.93. The molecular formula is C20H19N5O4S2. The van der Waals surface area contributed by atoms with Gasteiger partial charge in [0.2, 0.25) is 15.2 Å². The molecule has 4 rings (SSSR count). The highest BCUT2D eigenvalue weighted by molar-refractivity contribution is 8.00. The van der Waals surface area contributed by atoms with Crippen LogP contribution in [-0.4, -0.2) is 63.7 Å². The largest absolute Gasteiger partial charge is 0.481 e. The zero-order valence-electron chi connectivity index (χ0n) is 16.7. The fraction of sp³-hybridized carbons (Fsp3) is 0.200. The van der Waals surface area contributed by atoms with E-state index >= 15 is 0 Å². The molecular weight excluding hydrogens is 438 g/mol. The highest BCUT2D eigenvalue weighted by Gasteiger charge is 2.31. The predicted octanol–water partition coefficient (Wildman–Crippen LogP) is 2.40. The van der Waals surface area contributed by atoms with Gasteiger partial charge in [-0.15, -0.1) is 10.2 Å². The Morgan fingerprint density at radius 2 is 1.81 bits per heavy atom. The van der Waals surface area contributed by atoms with Crippen LogP contribution in [0.2, 0.25) is 0 Å². The van der Waals surface area contributed by atoms with Gasteiger partial charge in [-0.05, 0) is 17.7 Å². The summed E-state index contributed by atoms with van der Waals surface area (Å²) in [5, 5.41) is 22.4. The number of thioether (sulfide) groups is 1. The Morgan fingerprint density at radius 3 is 2.48 bits per heavy atom. The summed E-state index contributed by atoms with van der Waals surface area (Å²) in [7, 11) is -0.680. The van der Waals surface area contributed by atoms with Crippen molar-refractivity contribution in [2.24, 2.45) is 5.10 Å². The quantitative estimate of drug-likeness (QED) is 0.604. The Balaban J connectivity index is 1.82. The van der Waals surface area contributed by atoms with E-state index in [1.807, 2.05) is 30.3 Å². The fourth-order valence-corrected chi connectivity index (χ4v) is 5.16. The molecule has 0 saturated heterocycles. The molecule has 3 aromatic rings. The molecule has 1 atom stereocenters. The molecule has 1 aromatic heterocycles. The lowest BCUT2D eigenvalue weighted by molar-refractivity contribution is -0.136. The van der Waals surface area contributed by atoms with Crippen molar-refractivity contribution in [1.82, 2.24) is 19.2 Å². The first-order valence-electron chi connectivity index (χ1n) is 9.28. The maximum Gasteiger partial charge on any atom is 0.304 e. The molecule has 0 radical (unpaired) electrons. The molecule has 0 spiro atoms. The Hall–Kier alpha value is -3.02. The van der Waals surface area contributed by atoms with E-state index in [-0.39, 0.29) is 11.3 Å². The minimum absolute atomic E-state index is 0.114. The third-order valence-electron chi connectivity index (χ3n) is 4.67. The predicted molar refractivity (Wildman–Crippen MR) is 117 cm³/mol. The van der Waals surface area contributed by atoms with Crippen LogP contribution in [0, 0.1) is 0 Å². The maximum atomic E-state index is 12.5. The van der Waals surface area contributed by atoms with E-state index < -0.39 is 21.2 Å². The molecule has 160 valence electrons. The third kappa shape index (κ3) is 4.11. The molecule has 2 aromatic carbocycles. The number of hydrogen-bond acceptors (Lipinski definition) is 7. The number of hydrogen-bond donors (Lipinski definition) is 1. The number of benzene rings is 2. The van der Waals surface area contributed by atoms with Crippen molar-refractivity contribution >= 4 is 33.5 Å². The Kier molecular flexibility index (Phi) is 5.65. The molecule has 1 unspecified atom stereocenters. The molecule has 9 nitrogen and oxygen atoms in total. The summed E-state index contributed by atoms with van der Waals surface area (Å²) in [6.07, 6.45) is -0.114. The fourth-order valence-electron chi connectivity index (χ4n) is 3.12. The molecule has 11 heteroatoms. The van der Waals surface area contributed by atoms with E-state index in [1.165, 1.54) is 42.7 Å². The lowest BCUT2D eigenvalue weighted by Crippen LogP contribution is -2.27. The lowest BCUT2D eigenvalue weighted by atomic mass is 10.1. The van der Waals surface area contributed by atoms with E-state index in [4.69, 9.17) is 0 Å². The number of aliphatic carboxylic acids is 1. The van der Waals surface area contributed by atoms with Gasteiger partial charge in [-0.2, -0.15) is 9.78 Å². The van der Waals surface area contributed by atoms with Crippen LogP contribution < -0.4 is 0 Å². The van der Waals surface area contributed by atoms with E-state index in [0.717, 1.165) is 9.87 Å². The van der Waals surface area contributed by atoms with Crippen LogP contribution in [0.15, 0.2) is 69.8 Å². The van der Waals surface area contributed by atoms with E-state index in [1.54, 1.807) is 12.1 Å². The molecule has 0 aliphatic carbocycles. The van der Waals surface area contributed by atoms with Gasteiger partial charge in [0.05, 0.1) is 22.3 Å². The Morgan fingerprint density at radius 1 is 1.10 bits per heavy atom. The zero-order chi connectivity index (χ0) is 22.2. The van der Waals surface area contributed by atoms with Gasteiger partial charge in [0, 0.05) is 19.7 Å². The van der Waals surface area contributed by atoms with Crippen LogP contribution in [0.5, 0.6) is 0 Å². The lowest BCUT2D eigenvalue weighted by Gasteiger charge is -2.22. The van der Waals surface area contributed by atoms with Gasteiger partial charge in [-0.25, -0.2) is 12.7 Å². The Labute approximate surface area is 183 Å². The number of fused-ring (bicyclic) bond motifs is 1. The molecule has 0 bridgehead atoms. The number of nitrogens with zero attached hydrogens (tertiary/aromatic N) is 5. The second kappa shape index (κ2) is 8.25. The minimum Gasteiger partial charge on any atom is -0.481 e. The average molecular weight is 458 g/mol. The number of rotatable bonds is 6. The summed E-state index contributed by atoms with van der Waals surface area (Å²) in [4.78, 5) is 11.5. The maximum absolute atomic E-state index is 12.5. The van der Waals surface area contributed by atoms with Gasteiger partial charge in [-0.1, -0.05) is 54.2 Å². The summed E-state index contributed by atoms with van der Waals surface area (Å²) in [5.74, 6) is -0.559. The number of carbonyl (C=O) groups is 1. The summed E-state index contributed by atoms with van der Waals surface area (Å²) >= 11 is 1.27. The summed E-state index contributed by atoms with van der Waals surface area (Å²) in [6.45, 7) is 0. The third-order valence-corrected chi connectivity index (χ3v) is 7.62. The molecule has 0 amide bonds. The van der Waals surface area contributed by atoms with Crippen molar-refractivity contribution in [3.63, 3.8) is 0 Å². The highest BCUT2D eigenvalue weighted by atomic mass is 32.2. The first-order chi connectivity index (χ1) is 14.8. The van der Waals surface area contributed by atoms with Crippen LogP contribution in [0.25, 0.3) is 11.4 Å². The molecule has 0 fully saturated rings. The van der Waals surface area contributed by atoms with Gasteiger partial charge in [0.1, 0.15) is 0 Å². The van der Waals surface area contributed by atoms with Crippen LogP contribution in [0.1, 0.15) is 12.0 Å². The standard InChI is InChI=1S/C20H19N5O4S2/c1-24(2)31(28,29)15-10-6-9-14(11-15)19-21-22-20-25(19)23-18(13-7-4-3-5-8-13)16(30-20)12-17(26)27/h3-11,16H,12H2,1-2H3,(H,26,27). The molecule has 2 heterocycles. The van der Waals surface area contributed by atoms with Crippen LogP contribution in [-0.2, 0) is 14.8 Å². The molecule has 1 aliphatic heterocycles. The van der Waals surface area contributed by atoms with E-state index in [9.17, 15) is 18.3 Å². The van der Waals surface area contributed by atoms with Crippen LogP contribution >= 0.6 is 11.8 Å². The first kappa shape index (κ1) is 21.2. The monoisotopic (exact) mass is 457 g/mol. The van der Waals surface area contributed by atoms with Crippen molar-refractivity contribution < 1.29 is 18.3 Å². The second-order valence-corrected chi connectivity index (χ2v) is 10.3. The number of aromatic nitrogens is 3. The SMILES string of the molecule is CN(C)S(=O)(=O)c1cccc(-c2nnc3n2N=C(c2ccccc2)C(CC(=O)O)S3)c1. The summed E-state index contributed by atoms with van der Waals surface area (Å²) in [6, 6.07) is 15.7. The topological polar surface area (TPSA) is 118 Å². The highest BCUT2D eigenvalue weighted by Crippen LogP contribution is 2.35. The van der Waals surface area contributed by atoms with Gasteiger partial charge in [0.15, 0.2) is 5.82 Å². The normalized spacial score (nSPS) is 16.1. The van der Waals surface area contributed by atoms with Crippen molar-refractivity contribution in [2.45, 2.75) is 21.7 Å². The molecule has 0 saturated carbocycles. The van der Waals surface area contributed by atoms with Crippen LogP contribution in [0.4, 0.5) is 0 Å². The van der Waals surface area contributed by atoms with Gasteiger partial charge in [0.25, 0.3) is 0 Å². The van der Waals surface area contributed by atoms with Crippen LogP contribution in [0.3, 0.4) is 0 Å². The number of sulfonamides is 1. The first-order valence-corrected chi connectivity index (χ1v) is 11.6. The zero-order valence-corrected chi connectivity index (χ0v) is 18.3. The van der Waals surface area contributed by atoms with E-state index in [0.29, 0.717) is 22.3 Å². The molecule has 1 N–H and O–H groups in total. The summed E-state index contributed by atoms with van der Waals surface area (Å²) < 4.78 is 27.7. The van der Waals surface area contributed by atoms with Gasteiger partial charge >= 0.3 is 5.97 Å². The number of carboxylic acid groups (broad SMARTS) is 1. The molecule has 31 heavy (non-hydrogen) atoms.